The lowest BCUT2D eigenvalue weighted by Gasteiger charge is -2.14. The van der Waals surface area contributed by atoms with Gasteiger partial charge in [0.15, 0.2) is 0 Å². The Morgan fingerprint density at radius 2 is 2.25 bits per heavy atom. The van der Waals surface area contributed by atoms with Gasteiger partial charge in [0.05, 0.1) is 12.5 Å². The molecular weight excluding hydrogens is 281 g/mol. The number of amides is 1. The van der Waals surface area contributed by atoms with Gasteiger partial charge in [0.1, 0.15) is 5.82 Å². The monoisotopic (exact) mass is 299 g/mol. The summed E-state index contributed by atoms with van der Waals surface area (Å²) < 4.78 is 13.7. The Kier molecular flexibility index (Phi) is 4.66. The van der Waals surface area contributed by atoms with Crippen molar-refractivity contribution < 1.29 is 14.3 Å². The van der Waals surface area contributed by atoms with E-state index in [2.05, 4.69) is 5.32 Å². The smallest absolute Gasteiger partial charge is 0.222 e. The first kappa shape index (κ1) is 15.3. The third kappa shape index (κ3) is 3.49. The third-order valence-electron chi connectivity index (χ3n) is 3.67. The highest BCUT2D eigenvalue weighted by molar-refractivity contribution is 6.31. The van der Waals surface area contributed by atoms with Gasteiger partial charge < -0.3 is 10.4 Å². The maximum absolute atomic E-state index is 13.7. The number of nitrogens with one attached hydrogen (secondary N) is 1. The summed E-state index contributed by atoms with van der Waals surface area (Å²) in [6.07, 6.45) is 0.111. The number of rotatable bonds is 5. The number of hydrogen-bond acceptors (Lipinski definition) is 2. The normalized spacial score (nSPS) is 22.7. The molecule has 0 radical (unpaired) electrons. The number of hydrogen-bond donors (Lipinski definition) is 2. The van der Waals surface area contributed by atoms with Gasteiger partial charge in [-0.1, -0.05) is 31.5 Å². The second kappa shape index (κ2) is 6.10. The minimum atomic E-state index is -0.649. The fourth-order valence-electron chi connectivity index (χ4n) is 2.23. The third-order valence-corrected chi connectivity index (χ3v) is 4.00. The van der Waals surface area contributed by atoms with E-state index in [9.17, 15) is 14.3 Å². The Hall–Kier alpha value is -1.13. The molecule has 1 aliphatic rings. The van der Waals surface area contributed by atoms with Crippen LogP contribution in [0.2, 0.25) is 5.02 Å². The minimum Gasteiger partial charge on any atom is -0.392 e. The van der Waals surface area contributed by atoms with Gasteiger partial charge in [-0.3, -0.25) is 4.79 Å². The van der Waals surface area contributed by atoms with E-state index in [1.54, 1.807) is 12.1 Å². The number of halogens is 2. The van der Waals surface area contributed by atoms with Crippen LogP contribution in [-0.4, -0.2) is 23.2 Å². The lowest BCUT2D eigenvalue weighted by Crippen LogP contribution is -2.31. The Bertz CT molecular complexity index is 486. The molecule has 1 amide bonds. The van der Waals surface area contributed by atoms with E-state index in [-0.39, 0.29) is 36.0 Å². The zero-order chi connectivity index (χ0) is 14.9. The molecule has 110 valence electrons. The van der Waals surface area contributed by atoms with Crippen LogP contribution in [0.1, 0.15) is 38.2 Å². The highest BCUT2D eigenvalue weighted by Crippen LogP contribution is 2.44. The van der Waals surface area contributed by atoms with Gasteiger partial charge in [0, 0.05) is 22.5 Å². The standard InChI is InChI=1S/C15H19ClFNO2/c1-8(2)13(19)7-14(20)18-12-6-9(12)15-10(16)4-3-5-11(15)17/h3-5,8-9,12-13,19H,6-7H2,1-2H3,(H,18,20). The van der Waals surface area contributed by atoms with E-state index in [0.29, 0.717) is 17.0 Å². The molecule has 0 aliphatic heterocycles. The van der Waals surface area contributed by atoms with Crippen LogP contribution in [0.15, 0.2) is 18.2 Å². The number of aliphatic hydroxyl groups excluding tert-OH is 1. The van der Waals surface area contributed by atoms with Crippen LogP contribution >= 0.6 is 11.6 Å². The summed E-state index contributed by atoms with van der Waals surface area (Å²) in [5, 5.41) is 12.9. The van der Waals surface area contributed by atoms with E-state index in [0.717, 1.165) is 0 Å². The number of carbonyl (C=O) groups excluding carboxylic acids is 1. The molecule has 0 aromatic heterocycles. The zero-order valence-corrected chi connectivity index (χ0v) is 12.3. The average molecular weight is 300 g/mol. The summed E-state index contributed by atoms with van der Waals surface area (Å²) >= 11 is 6.00. The van der Waals surface area contributed by atoms with Crippen LogP contribution in [0.3, 0.4) is 0 Å². The lowest BCUT2D eigenvalue weighted by molar-refractivity contribution is -0.123. The minimum absolute atomic E-state index is 0.0387. The molecule has 5 heteroatoms. The van der Waals surface area contributed by atoms with Gasteiger partial charge in [-0.2, -0.15) is 0 Å². The SMILES string of the molecule is CC(C)C(O)CC(=O)NC1CC1c1c(F)cccc1Cl. The summed E-state index contributed by atoms with van der Waals surface area (Å²) in [5.74, 6) is -0.562. The van der Waals surface area contributed by atoms with E-state index in [1.807, 2.05) is 13.8 Å². The molecule has 2 N–H and O–H groups in total. The van der Waals surface area contributed by atoms with Crippen molar-refractivity contribution in [1.82, 2.24) is 5.32 Å². The second-order valence-corrected chi connectivity index (χ2v) is 6.07. The van der Waals surface area contributed by atoms with Crippen LogP contribution < -0.4 is 5.32 Å². The summed E-state index contributed by atoms with van der Waals surface area (Å²) in [6, 6.07) is 4.51. The molecule has 1 fully saturated rings. The van der Waals surface area contributed by atoms with Gasteiger partial charge >= 0.3 is 0 Å². The van der Waals surface area contributed by atoms with Gasteiger partial charge in [-0.05, 0) is 24.5 Å². The molecule has 1 saturated carbocycles. The molecule has 0 bridgehead atoms. The molecule has 2 rings (SSSR count). The van der Waals surface area contributed by atoms with Crippen molar-refractivity contribution in [1.29, 1.82) is 0 Å². The molecule has 0 spiro atoms. The zero-order valence-electron chi connectivity index (χ0n) is 11.6. The predicted octanol–water partition coefficient (Wildman–Crippen LogP) is 2.86. The Labute approximate surface area is 123 Å². The molecule has 3 nitrogen and oxygen atoms in total. The quantitative estimate of drug-likeness (QED) is 0.878. The Balaban J connectivity index is 1.91. The molecule has 0 saturated heterocycles. The van der Waals surface area contributed by atoms with E-state index in [4.69, 9.17) is 11.6 Å². The van der Waals surface area contributed by atoms with Gasteiger partial charge in [0.25, 0.3) is 0 Å². The first-order valence-corrected chi connectivity index (χ1v) is 7.19. The molecule has 0 heterocycles. The molecule has 1 aromatic rings. The van der Waals surface area contributed by atoms with Crippen molar-refractivity contribution in [3.05, 3.63) is 34.6 Å². The van der Waals surface area contributed by atoms with Crippen molar-refractivity contribution in [3.63, 3.8) is 0 Å². The first-order chi connectivity index (χ1) is 9.40. The highest BCUT2D eigenvalue weighted by atomic mass is 35.5. The fourth-order valence-corrected chi connectivity index (χ4v) is 2.53. The second-order valence-electron chi connectivity index (χ2n) is 5.67. The Morgan fingerprint density at radius 3 is 2.85 bits per heavy atom. The van der Waals surface area contributed by atoms with E-state index in [1.165, 1.54) is 6.07 Å². The van der Waals surface area contributed by atoms with Crippen LogP contribution in [0.5, 0.6) is 0 Å². The van der Waals surface area contributed by atoms with Crippen LogP contribution in [0.4, 0.5) is 4.39 Å². The number of benzene rings is 1. The van der Waals surface area contributed by atoms with Crippen molar-refractivity contribution in [2.24, 2.45) is 5.92 Å². The summed E-state index contributed by atoms with van der Waals surface area (Å²) in [6.45, 7) is 3.72. The van der Waals surface area contributed by atoms with Crippen molar-refractivity contribution in [3.8, 4) is 0 Å². The van der Waals surface area contributed by atoms with Gasteiger partial charge in [0.2, 0.25) is 5.91 Å². The molecule has 3 atom stereocenters. The maximum Gasteiger partial charge on any atom is 0.222 e. The van der Waals surface area contributed by atoms with Crippen molar-refractivity contribution in [2.75, 3.05) is 0 Å². The molecule has 1 aliphatic carbocycles. The van der Waals surface area contributed by atoms with E-state index >= 15 is 0 Å². The average Bonchev–Trinajstić information content (AvgIpc) is 3.07. The maximum atomic E-state index is 13.7. The van der Waals surface area contributed by atoms with Crippen molar-refractivity contribution >= 4 is 17.5 Å². The van der Waals surface area contributed by atoms with Crippen LogP contribution in [0.25, 0.3) is 0 Å². The molecule has 3 unspecified atom stereocenters. The molecular formula is C15H19ClFNO2. The summed E-state index contributed by atoms with van der Waals surface area (Å²) in [4.78, 5) is 11.8. The van der Waals surface area contributed by atoms with Gasteiger partial charge in [-0.25, -0.2) is 4.39 Å². The Morgan fingerprint density at radius 1 is 1.55 bits per heavy atom. The molecule has 20 heavy (non-hydrogen) atoms. The highest BCUT2D eigenvalue weighted by Gasteiger charge is 2.42. The molecule has 1 aromatic carbocycles. The number of carbonyl (C=O) groups is 1. The topological polar surface area (TPSA) is 49.3 Å². The summed E-state index contributed by atoms with van der Waals surface area (Å²) in [7, 11) is 0. The summed E-state index contributed by atoms with van der Waals surface area (Å²) in [5.41, 5.74) is 0.476. The lowest BCUT2D eigenvalue weighted by atomic mass is 10.0. The predicted molar refractivity (Wildman–Crippen MR) is 76.2 cm³/mol. The fraction of sp³-hybridized carbons (Fsp3) is 0.533. The van der Waals surface area contributed by atoms with Crippen LogP contribution in [0, 0.1) is 11.7 Å². The number of aliphatic hydroxyl groups is 1. The largest absolute Gasteiger partial charge is 0.392 e. The first-order valence-electron chi connectivity index (χ1n) is 6.81. The van der Waals surface area contributed by atoms with Crippen LogP contribution in [-0.2, 0) is 4.79 Å². The van der Waals surface area contributed by atoms with E-state index < -0.39 is 6.10 Å². The van der Waals surface area contributed by atoms with Crippen molar-refractivity contribution in [2.45, 2.75) is 44.8 Å². The van der Waals surface area contributed by atoms with Gasteiger partial charge in [-0.15, -0.1) is 0 Å².